The molecule has 2 atom stereocenters. The molecule has 1 aliphatic carbocycles. The monoisotopic (exact) mass is 288 g/mol. The van der Waals surface area contributed by atoms with Gasteiger partial charge in [-0.2, -0.15) is 0 Å². The first-order valence-corrected chi connectivity index (χ1v) is 6.79. The van der Waals surface area contributed by atoms with Crippen molar-refractivity contribution < 1.29 is 4.92 Å². The zero-order chi connectivity index (χ0) is 14.1. The number of hydrogen-bond donors (Lipinski definition) is 1. The lowest BCUT2D eigenvalue weighted by molar-refractivity contribution is -0.383. The van der Waals surface area contributed by atoms with Crippen LogP contribution in [0.2, 0.25) is 5.02 Å². The standard InChI is InChI=1S/C15H13ClN2O2/c16-12-7-4-8-13(15(12)18(19)20)17-14-9-11(14)10-5-2-1-3-6-10/h1-8,11,14,17H,9H2. The number of benzene rings is 2. The van der Waals surface area contributed by atoms with Crippen LogP contribution in [-0.4, -0.2) is 11.0 Å². The minimum Gasteiger partial charge on any atom is -0.376 e. The smallest absolute Gasteiger partial charge is 0.310 e. The number of nitrogens with one attached hydrogen (secondary N) is 1. The van der Waals surface area contributed by atoms with Crippen molar-refractivity contribution >= 4 is 23.0 Å². The van der Waals surface area contributed by atoms with Gasteiger partial charge in [0.2, 0.25) is 0 Å². The minimum absolute atomic E-state index is 0.0483. The maximum absolute atomic E-state index is 11.1. The topological polar surface area (TPSA) is 55.2 Å². The molecule has 0 bridgehead atoms. The van der Waals surface area contributed by atoms with Gasteiger partial charge in [-0.25, -0.2) is 0 Å². The second kappa shape index (κ2) is 5.13. The Hall–Kier alpha value is -2.07. The van der Waals surface area contributed by atoms with Crippen LogP contribution in [0.15, 0.2) is 48.5 Å². The summed E-state index contributed by atoms with van der Waals surface area (Å²) in [6.07, 6.45) is 0.980. The van der Waals surface area contributed by atoms with Crippen LogP contribution in [0.3, 0.4) is 0 Å². The van der Waals surface area contributed by atoms with Crippen LogP contribution in [0.4, 0.5) is 11.4 Å². The molecule has 0 amide bonds. The fourth-order valence-corrected chi connectivity index (χ4v) is 2.68. The highest BCUT2D eigenvalue weighted by atomic mass is 35.5. The van der Waals surface area contributed by atoms with Gasteiger partial charge in [0.15, 0.2) is 0 Å². The van der Waals surface area contributed by atoms with Crippen molar-refractivity contribution in [1.29, 1.82) is 0 Å². The van der Waals surface area contributed by atoms with Crippen LogP contribution >= 0.6 is 11.6 Å². The van der Waals surface area contributed by atoms with E-state index in [-0.39, 0.29) is 16.8 Å². The highest BCUT2D eigenvalue weighted by Crippen LogP contribution is 2.44. The van der Waals surface area contributed by atoms with Crippen molar-refractivity contribution in [3.63, 3.8) is 0 Å². The first-order chi connectivity index (χ1) is 9.66. The van der Waals surface area contributed by atoms with Gasteiger partial charge in [-0.05, 0) is 24.1 Å². The summed E-state index contributed by atoms with van der Waals surface area (Å²) in [6, 6.07) is 15.3. The quantitative estimate of drug-likeness (QED) is 0.677. The molecule has 2 aromatic rings. The first kappa shape index (κ1) is 12.9. The summed E-state index contributed by atoms with van der Waals surface area (Å²) in [7, 11) is 0. The van der Waals surface area contributed by atoms with E-state index in [1.807, 2.05) is 18.2 Å². The molecule has 0 aliphatic heterocycles. The van der Waals surface area contributed by atoms with E-state index >= 15 is 0 Å². The van der Waals surface area contributed by atoms with Gasteiger partial charge in [0.1, 0.15) is 10.7 Å². The number of rotatable bonds is 4. The predicted molar refractivity (Wildman–Crippen MR) is 79.3 cm³/mol. The Balaban J connectivity index is 1.78. The number of halogens is 1. The number of nitro benzene ring substituents is 1. The molecule has 4 nitrogen and oxygen atoms in total. The minimum atomic E-state index is -0.440. The molecular formula is C15H13ClN2O2. The fourth-order valence-electron chi connectivity index (χ4n) is 2.44. The number of para-hydroxylation sites is 1. The number of hydrogen-bond acceptors (Lipinski definition) is 3. The van der Waals surface area contributed by atoms with Crippen LogP contribution in [0.1, 0.15) is 17.9 Å². The third kappa shape index (κ3) is 2.47. The van der Waals surface area contributed by atoms with E-state index in [0.717, 1.165) is 6.42 Å². The fraction of sp³-hybridized carbons (Fsp3) is 0.200. The number of anilines is 1. The van der Waals surface area contributed by atoms with Gasteiger partial charge in [-0.1, -0.05) is 48.0 Å². The maximum Gasteiger partial charge on any atom is 0.310 e. The van der Waals surface area contributed by atoms with Gasteiger partial charge in [0.25, 0.3) is 0 Å². The van der Waals surface area contributed by atoms with E-state index < -0.39 is 4.92 Å². The summed E-state index contributed by atoms with van der Waals surface area (Å²) >= 11 is 5.90. The maximum atomic E-state index is 11.1. The molecular weight excluding hydrogens is 276 g/mol. The SMILES string of the molecule is O=[N+]([O-])c1c(Cl)cccc1NC1CC1c1ccccc1. The molecule has 0 radical (unpaired) electrons. The lowest BCUT2D eigenvalue weighted by atomic mass is 10.1. The molecule has 5 heteroatoms. The van der Waals surface area contributed by atoms with E-state index in [9.17, 15) is 10.1 Å². The molecule has 2 unspecified atom stereocenters. The number of nitrogens with zero attached hydrogens (tertiary/aromatic N) is 1. The van der Waals surface area contributed by atoms with Crippen molar-refractivity contribution in [2.75, 3.05) is 5.32 Å². The summed E-state index contributed by atoms with van der Waals surface area (Å²) in [5, 5.41) is 14.5. The van der Waals surface area contributed by atoms with E-state index in [4.69, 9.17) is 11.6 Å². The Morgan fingerprint density at radius 2 is 1.90 bits per heavy atom. The average Bonchev–Trinajstić information content (AvgIpc) is 3.18. The first-order valence-electron chi connectivity index (χ1n) is 6.41. The van der Waals surface area contributed by atoms with E-state index in [2.05, 4.69) is 17.4 Å². The zero-order valence-electron chi connectivity index (χ0n) is 10.6. The van der Waals surface area contributed by atoms with Crippen molar-refractivity contribution in [3.8, 4) is 0 Å². The van der Waals surface area contributed by atoms with Crippen molar-refractivity contribution in [2.24, 2.45) is 0 Å². The normalized spacial score (nSPS) is 20.4. The third-order valence-corrected chi connectivity index (χ3v) is 3.83. The van der Waals surface area contributed by atoms with Gasteiger partial charge in [0.05, 0.1) is 4.92 Å². The van der Waals surface area contributed by atoms with Gasteiger partial charge in [-0.3, -0.25) is 10.1 Å². The lowest BCUT2D eigenvalue weighted by Crippen LogP contribution is -2.06. The van der Waals surface area contributed by atoms with Gasteiger partial charge < -0.3 is 5.32 Å². The zero-order valence-corrected chi connectivity index (χ0v) is 11.4. The predicted octanol–water partition coefficient (Wildman–Crippen LogP) is 4.22. The molecule has 1 fully saturated rings. The molecule has 0 aromatic heterocycles. The lowest BCUT2D eigenvalue weighted by Gasteiger charge is -2.07. The Kier molecular flexibility index (Phi) is 3.32. The van der Waals surface area contributed by atoms with Crippen LogP contribution in [0.25, 0.3) is 0 Å². The van der Waals surface area contributed by atoms with Gasteiger partial charge >= 0.3 is 5.69 Å². The van der Waals surface area contributed by atoms with Crippen molar-refractivity contribution in [2.45, 2.75) is 18.4 Å². The molecule has 102 valence electrons. The summed E-state index contributed by atoms with van der Waals surface area (Å²) in [5.41, 5.74) is 1.70. The summed E-state index contributed by atoms with van der Waals surface area (Å²) < 4.78 is 0. The largest absolute Gasteiger partial charge is 0.376 e. The molecule has 20 heavy (non-hydrogen) atoms. The molecule has 1 N–H and O–H groups in total. The molecule has 1 saturated carbocycles. The van der Waals surface area contributed by atoms with Crippen molar-refractivity contribution in [1.82, 2.24) is 0 Å². The Morgan fingerprint density at radius 1 is 1.15 bits per heavy atom. The summed E-state index contributed by atoms with van der Waals surface area (Å²) in [6.45, 7) is 0. The van der Waals surface area contributed by atoms with E-state index in [1.54, 1.807) is 12.1 Å². The molecule has 0 spiro atoms. The Labute approximate surface area is 121 Å². The van der Waals surface area contributed by atoms with Crippen LogP contribution < -0.4 is 5.32 Å². The highest BCUT2D eigenvalue weighted by Gasteiger charge is 2.39. The Bertz CT molecular complexity index is 646. The second-order valence-electron chi connectivity index (χ2n) is 4.90. The van der Waals surface area contributed by atoms with E-state index in [1.165, 1.54) is 11.6 Å². The third-order valence-electron chi connectivity index (χ3n) is 3.53. The van der Waals surface area contributed by atoms with E-state index in [0.29, 0.717) is 11.6 Å². The van der Waals surface area contributed by atoms with Crippen LogP contribution in [-0.2, 0) is 0 Å². The van der Waals surface area contributed by atoms with Gasteiger partial charge in [-0.15, -0.1) is 0 Å². The number of nitro groups is 1. The van der Waals surface area contributed by atoms with Crippen molar-refractivity contribution in [3.05, 3.63) is 69.2 Å². The Morgan fingerprint density at radius 3 is 2.60 bits per heavy atom. The molecule has 2 aromatic carbocycles. The summed E-state index contributed by atoms with van der Waals surface area (Å²) in [4.78, 5) is 10.6. The second-order valence-corrected chi connectivity index (χ2v) is 5.30. The highest BCUT2D eigenvalue weighted by molar-refractivity contribution is 6.33. The van der Waals surface area contributed by atoms with Gasteiger partial charge in [0, 0.05) is 12.0 Å². The molecule has 0 saturated heterocycles. The molecule has 3 rings (SSSR count). The average molecular weight is 289 g/mol. The molecule has 0 heterocycles. The summed E-state index contributed by atoms with van der Waals surface area (Å²) in [5.74, 6) is 0.412. The molecule has 1 aliphatic rings. The van der Waals surface area contributed by atoms with Crippen LogP contribution in [0.5, 0.6) is 0 Å². The van der Waals surface area contributed by atoms with Crippen LogP contribution in [0, 0.1) is 10.1 Å².